The Morgan fingerprint density at radius 2 is 2.10 bits per heavy atom. The van der Waals surface area contributed by atoms with Gasteiger partial charge in [0.1, 0.15) is 17.5 Å². The van der Waals surface area contributed by atoms with Crippen LogP contribution in [0.4, 0.5) is 0 Å². The molecular weight excluding hydrogens is 378 g/mol. The van der Waals surface area contributed by atoms with E-state index in [1.165, 1.54) is 11.1 Å². The Bertz CT molecular complexity index is 835. The number of ketones is 1. The van der Waals surface area contributed by atoms with Crippen molar-refractivity contribution in [1.82, 2.24) is 4.90 Å². The Kier molecular flexibility index (Phi) is 5.95. The summed E-state index contributed by atoms with van der Waals surface area (Å²) in [6.07, 6.45) is 8.59. The molecule has 30 heavy (non-hydrogen) atoms. The largest absolute Gasteiger partial charge is 0.493 e. The zero-order valence-corrected chi connectivity index (χ0v) is 18.9. The summed E-state index contributed by atoms with van der Waals surface area (Å²) in [7, 11) is 5.65. The minimum atomic E-state index is -0.786. The monoisotopic (exact) mass is 413 g/mol. The van der Waals surface area contributed by atoms with Crippen molar-refractivity contribution < 1.29 is 19.0 Å². The second-order valence-electron chi connectivity index (χ2n) is 9.05. The molecule has 1 saturated heterocycles. The number of carbonyl (C=O) groups excluding carboxylic acids is 1. The lowest BCUT2D eigenvalue weighted by atomic mass is 9.69. The highest BCUT2D eigenvalue weighted by molar-refractivity contribution is 5.80. The zero-order chi connectivity index (χ0) is 21.5. The maximum Gasteiger partial charge on any atom is 0.165 e. The summed E-state index contributed by atoms with van der Waals surface area (Å²) in [5.74, 6) is 1.72. The predicted molar refractivity (Wildman–Crippen MR) is 117 cm³/mol. The molecule has 1 aromatic rings. The maximum absolute atomic E-state index is 13.0. The van der Waals surface area contributed by atoms with E-state index in [1.807, 2.05) is 6.07 Å². The Morgan fingerprint density at radius 3 is 2.77 bits per heavy atom. The fraction of sp³-hybridized carbons (Fsp3) is 0.640. The number of nitrogens with zero attached hydrogens (tertiary/aromatic N) is 1. The third kappa shape index (κ3) is 3.27. The average molecular weight is 414 g/mol. The quantitative estimate of drug-likeness (QED) is 0.679. The van der Waals surface area contributed by atoms with Gasteiger partial charge in [-0.15, -0.1) is 0 Å². The van der Waals surface area contributed by atoms with Crippen LogP contribution in [0.5, 0.6) is 11.5 Å². The van der Waals surface area contributed by atoms with Gasteiger partial charge >= 0.3 is 0 Å². The number of rotatable bonds is 5. The third-order valence-electron chi connectivity index (χ3n) is 7.56. The summed E-state index contributed by atoms with van der Waals surface area (Å²) in [6, 6.07) is 4.64. The number of benzene rings is 1. The molecule has 1 aromatic carbocycles. The van der Waals surface area contributed by atoms with Gasteiger partial charge in [-0.05, 0) is 64.3 Å². The molecule has 0 radical (unpaired) electrons. The van der Waals surface area contributed by atoms with Crippen molar-refractivity contribution in [2.75, 3.05) is 27.8 Å². The maximum atomic E-state index is 13.0. The first-order valence-corrected chi connectivity index (χ1v) is 11.3. The number of carbonyl (C=O) groups is 1. The van der Waals surface area contributed by atoms with Crippen LogP contribution in [0.25, 0.3) is 0 Å². The molecule has 5 rings (SSSR count). The summed E-state index contributed by atoms with van der Waals surface area (Å²) in [5.41, 5.74) is 1.83. The van der Waals surface area contributed by atoms with Crippen LogP contribution in [0, 0.1) is 5.92 Å². The highest BCUT2D eigenvalue weighted by Gasteiger charge is 2.56. The first kappa shape index (κ1) is 21.4. The second-order valence-corrected chi connectivity index (χ2v) is 9.05. The fourth-order valence-corrected chi connectivity index (χ4v) is 5.95. The van der Waals surface area contributed by atoms with E-state index in [0.29, 0.717) is 6.04 Å². The van der Waals surface area contributed by atoms with Crippen LogP contribution in [0.2, 0.25) is 0 Å². The molecule has 3 heterocycles. The van der Waals surface area contributed by atoms with Crippen molar-refractivity contribution in [1.29, 1.82) is 0 Å². The lowest BCUT2D eigenvalue weighted by Crippen LogP contribution is -2.56. The molecule has 1 aliphatic carbocycles. The van der Waals surface area contributed by atoms with Crippen molar-refractivity contribution in [3.05, 3.63) is 35.4 Å². The van der Waals surface area contributed by atoms with Gasteiger partial charge in [0.25, 0.3) is 0 Å². The summed E-state index contributed by atoms with van der Waals surface area (Å²) in [6.45, 7) is 4.82. The number of likely N-dealkylation sites (N-methyl/N-ethyl adjacent to an activating group) is 1. The van der Waals surface area contributed by atoms with Gasteiger partial charge < -0.3 is 19.1 Å². The average Bonchev–Trinajstić information content (AvgIpc) is 3.12. The molecule has 0 spiro atoms. The number of allylic oxidation sites excluding steroid dienone is 1. The highest BCUT2D eigenvalue weighted by atomic mass is 16.6. The van der Waals surface area contributed by atoms with Crippen LogP contribution in [0.3, 0.4) is 0 Å². The third-order valence-corrected chi connectivity index (χ3v) is 7.56. The number of Topliss-reactive ketones (excluding diaryl/α,β-unsaturated/α-hetero) is 1. The van der Waals surface area contributed by atoms with Gasteiger partial charge in [-0.1, -0.05) is 25.1 Å². The first-order valence-electron chi connectivity index (χ1n) is 11.3. The lowest BCUT2D eigenvalue weighted by molar-refractivity contribution is -0.141. The van der Waals surface area contributed by atoms with Crippen LogP contribution in [0.15, 0.2) is 24.3 Å². The van der Waals surface area contributed by atoms with Gasteiger partial charge in [0.2, 0.25) is 0 Å². The van der Waals surface area contributed by atoms with Crippen molar-refractivity contribution in [2.45, 2.75) is 69.6 Å². The van der Waals surface area contributed by atoms with E-state index in [4.69, 9.17) is 14.2 Å². The summed E-state index contributed by atoms with van der Waals surface area (Å²) >= 11 is 0. The van der Waals surface area contributed by atoms with E-state index in [2.05, 4.69) is 37.1 Å². The molecule has 164 valence electrons. The minimum Gasteiger partial charge on any atom is -0.493 e. The normalized spacial score (nSPS) is 33.4. The van der Waals surface area contributed by atoms with E-state index >= 15 is 0 Å². The molecule has 3 aliphatic heterocycles. The van der Waals surface area contributed by atoms with Crippen LogP contribution >= 0.6 is 0 Å². The highest BCUT2D eigenvalue weighted by Crippen LogP contribution is 2.54. The number of hydrogen-bond donors (Lipinski definition) is 0. The van der Waals surface area contributed by atoms with Crippen molar-refractivity contribution in [3.63, 3.8) is 0 Å². The molecule has 0 aromatic heterocycles. The smallest absolute Gasteiger partial charge is 0.165 e. The molecule has 5 heteroatoms. The summed E-state index contributed by atoms with van der Waals surface area (Å²) in [5, 5.41) is 0. The Morgan fingerprint density at radius 1 is 1.30 bits per heavy atom. The zero-order valence-electron chi connectivity index (χ0n) is 18.9. The van der Waals surface area contributed by atoms with E-state index in [9.17, 15) is 4.79 Å². The molecule has 1 fully saturated rings. The fourth-order valence-electron chi connectivity index (χ4n) is 5.95. The number of methoxy groups -OCH3 is 2. The molecule has 4 aliphatic rings. The summed E-state index contributed by atoms with van der Waals surface area (Å²) in [4.78, 5) is 15.5. The van der Waals surface area contributed by atoms with Crippen molar-refractivity contribution >= 4 is 5.78 Å². The Labute approximate surface area is 180 Å². The summed E-state index contributed by atoms with van der Waals surface area (Å²) < 4.78 is 18.7. The topological polar surface area (TPSA) is 48.0 Å². The molecule has 5 atom stereocenters. The van der Waals surface area contributed by atoms with E-state index < -0.39 is 5.60 Å². The molecule has 5 unspecified atom stereocenters. The number of hydrogen-bond acceptors (Lipinski definition) is 5. The second kappa shape index (κ2) is 8.35. The molecule has 4 bridgehead atoms. The first-order chi connectivity index (χ1) is 14.5. The SMILES string of the molecule is CCC=CC1(OC)C(C(C)=O)CCC2Cc3ccc(OC)c4c3C(CCN2C)C1O4. The molecule has 0 N–H and O–H groups in total. The van der Waals surface area contributed by atoms with Gasteiger partial charge in [0, 0.05) is 24.6 Å². The van der Waals surface area contributed by atoms with Gasteiger partial charge in [0.15, 0.2) is 11.5 Å². The van der Waals surface area contributed by atoms with Crippen LogP contribution in [0.1, 0.15) is 56.6 Å². The van der Waals surface area contributed by atoms with Gasteiger partial charge in [-0.25, -0.2) is 0 Å². The van der Waals surface area contributed by atoms with Crippen LogP contribution < -0.4 is 9.47 Å². The van der Waals surface area contributed by atoms with Crippen LogP contribution in [-0.4, -0.2) is 56.2 Å². The Balaban J connectivity index is 1.96. The van der Waals surface area contributed by atoms with Gasteiger partial charge in [-0.2, -0.15) is 0 Å². The lowest BCUT2D eigenvalue weighted by Gasteiger charge is -2.45. The molecule has 0 amide bonds. The van der Waals surface area contributed by atoms with Crippen molar-refractivity contribution in [2.24, 2.45) is 5.92 Å². The molecule has 0 saturated carbocycles. The van der Waals surface area contributed by atoms with E-state index in [-0.39, 0.29) is 23.7 Å². The minimum absolute atomic E-state index is 0.162. The Hall–Kier alpha value is -1.85. The van der Waals surface area contributed by atoms with Crippen LogP contribution in [-0.2, 0) is 16.0 Å². The van der Waals surface area contributed by atoms with E-state index in [0.717, 1.165) is 50.1 Å². The van der Waals surface area contributed by atoms with Gasteiger partial charge in [0.05, 0.1) is 13.0 Å². The predicted octanol–water partition coefficient (Wildman–Crippen LogP) is 4.14. The molecule has 5 nitrogen and oxygen atoms in total. The van der Waals surface area contributed by atoms with Crippen molar-refractivity contribution in [3.8, 4) is 11.5 Å². The number of fused-ring (bicyclic) bond motifs is 5. The van der Waals surface area contributed by atoms with Gasteiger partial charge in [-0.3, -0.25) is 4.79 Å². The number of ether oxygens (including phenoxy) is 3. The standard InChI is InChI=1S/C25H35NO4/c1-6-7-13-25(29-5)20(16(2)27)10-9-18-15-17-8-11-21(28-4)23-22(17)19(24(25)30-23)12-14-26(18)3/h7-8,11,13,18-20,24H,6,9-10,12,14-15H2,1-5H3. The molecular formula is C25H35NO4. The van der Waals surface area contributed by atoms with E-state index in [1.54, 1.807) is 21.1 Å².